The Balaban J connectivity index is 2.06. The molecule has 0 unspecified atom stereocenters. The number of amides is 1. The van der Waals surface area contributed by atoms with Crippen LogP contribution in [0.25, 0.3) is 0 Å². The number of aromatic hydroxyl groups is 1. The predicted molar refractivity (Wildman–Crippen MR) is 95.8 cm³/mol. The highest BCUT2D eigenvalue weighted by atomic mass is 32.1. The molecule has 0 radical (unpaired) electrons. The fraction of sp³-hybridized carbons (Fsp3) is 0.375. The zero-order valence-electron chi connectivity index (χ0n) is 14.5. The number of thiazole rings is 1. The van der Waals surface area contributed by atoms with Gasteiger partial charge in [0.2, 0.25) is 5.43 Å². The van der Waals surface area contributed by atoms with E-state index in [-0.39, 0.29) is 18.9 Å². The number of carbonyl (C=O) groups excluding carboxylic acids is 1. The summed E-state index contributed by atoms with van der Waals surface area (Å²) < 4.78 is 6.24. The molecule has 0 aromatic carbocycles. The maximum atomic E-state index is 12.8. The van der Waals surface area contributed by atoms with Crippen LogP contribution in [-0.4, -0.2) is 63.6 Å². The van der Waals surface area contributed by atoms with E-state index in [1.54, 1.807) is 17.6 Å². The van der Waals surface area contributed by atoms with Gasteiger partial charge in [-0.05, 0) is 6.42 Å². The van der Waals surface area contributed by atoms with Crippen molar-refractivity contribution >= 4 is 23.2 Å². The number of pyridine rings is 1. The fourth-order valence-corrected chi connectivity index (χ4v) is 3.39. The molecule has 27 heavy (non-hydrogen) atoms. The van der Waals surface area contributed by atoms with E-state index in [1.807, 2.05) is 5.38 Å². The van der Waals surface area contributed by atoms with Gasteiger partial charge in [0, 0.05) is 31.8 Å². The first-order valence-corrected chi connectivity index (χ1v) is 9.00. The number of fused-ring (bicyclic) bond motifs is 1. The number of aromatic carboxylic acids is 1. The van der Waals surface area contributed by atoms with Crippen LogP contribution in [0.15, 0.2) is 21.9 Å². The van der Waals surface area contributed by atoms with Crippen LogP contribution in [0.2, 0.25) is 0 Å². The third-order valence-electron chi connectivity index (χ3n) is 4.13. The summed E-state index contributed by atoms with van der Waals surface area (Å²) in [6, 6.07) is 0. The zero-order valence-corrected chi connectivity index (χ0v) is 15.3. The molecular formula is C16H18N4O6S. The SMILES string of the molecule is COCCCN1CN(Cc2cscn2)n2cc(C(=O)O)c(=O)c(O)c2C1=O. The number of methoxy groups -OCH3 is 1. The minimum atomic E-state index is -1.48. The highest BCUT2D eigenvalue weighted by Gasteiger charge is 2.34. The van der Waals surface area contributed by atoms with Crippen molar-refractivity contribution in [2.45, 2.75) is 13.0 Å². The molecule has 3 rings (SSSR count). The quantitative estimate of drug-likeness (QED) is 0.642. The molecule has 0 aliphatic carbocycles. The van der Waals surface area contributed by atoms with Gasteiger partial charge in [-0.3, -0.25) is 19.3 Å². The first-order chi connectivity index (χ1) is 12.9. The molecule has 1 aliphatic heterocycles. The Morgan fingerprint density at radius 3 is 2.81 bits per heavy atom. The van der Waals surface area contributed by atoms with Gasteiger partial charge in [0.1, 0.15) is 12.2 Å². The molecule has 2 N–H and O–H groups in total. The first-order valence-electron chi connectivity index (χ1n) is 8.06. The molecular weight excluding hydrogens is 376 g/mol. The zero-order chi connectivity index (χ0) is 19.6. The van der Waals surface area contributed by atoms with Gasteiger partial charge in [0.05, 0.1) is 17.7 Å². The number of hydrogen-bond acceptors (Lipinski definition) is 8. The molecule has 10 nitrogen and oxygen atoms in total. The van der Waals surface area contributed by atoms with Gasteiger partial charge in [-0.25, -0.2) is 9.78 Å². The summed E-state index contributed by atoms with van der Waals surface area (Å²) in [5.74, 6) is -2.90. The minimum absolute atomic E-state index is 0.147. The maximum Gasteiger partial charge on any atom is 0.341 e. The molecule has 2 aromatic heterocycles. The van der Waals surface area contributed by atoms with Crippen LogP contribution < -0.4 is 10.4 Å². The summed E-state index contributed by atoms with van der Waals surface area (Å²) in [6.45, 7) is 1.22. The Kier molecular flexibility index (Phi) is 5.42. The molecule has 0 atom stereocenters. The van der Waals surface area contributed by atoms with Gasteiger partial charge in [0.15, 0.2) is 11.4 Å². The molecule has 0 bridgehead atoms. The lowest BCUT2D eigenvalue weighted by molar-refractivity contribution is 0.0650. The molecule has 0 saturated heterocycles. The van der Waals surface area contributed by atoms with Crippen molar-refractivity contribution in [1.29, 1.82) is 0 Å². The normalized spacial score (nSPS) is 13.7. The van der Waals surface area contributed by atoms with Crippen molar-refractivity contribution in [3.8, 4) is 5.75 Å². The number of carbonyl (C=O) groups is 2. The number of aromatic nitrogens is 2. The fourth-order valence-electron chi connectivity index (χ4n) is 2.84. The molecule has 3 heterocycles. The lowest BCUT2D eigenvalue weighted by Gasteiger charge is -2.39. The van der Waals surface area contributed by atoms with E-state index in [4.69, 9.17) is 4.74 Å². The third kappa shape index (κ3) is 3.64. The highest BCUT2D eigenvalue weighted by Crippen LogP contribution is 2.22. The standard InChI is InChI=1S/C16H18N4O6S/c1-26-4-2-3-18-9-19(5-10-7-27-8-17-10)20-6-11(16(24)25)13(21)14(22)12(20)15(18)23/h6-8,22H,2-5,9H2,1H3,(H,24,25). The van der Waals surface area contributed by atoms with Gasteiger partial charge in [-0.2, -0.15) is 0 Å². The number of nitrogens with zero attached hydrogens (tertiary/aromatic N) is 4. The van der Waals surface area contributed by atoms with E-state index in [9.17, 15) is 24.6 Å². The van der Waals surface area contributed by atoms with Crippen molar-refractivity contribution in [1.82, 2.24) is 14.6 Å². The van der Waals surface area contributed by atoms with Crippen LogP contribution in [0.3, 0.4) is 0 Å². The lowest BCUT2D eigenvalue weighted by atomic mass is 10.2. The average molecular weight is 394 g/mol. The van der Waals surface area contributed by atoms with E-state index < -0.39 is 28.6 Å². The van der Waals surface area contributed by atoms with E-state index in [1.165, 1.54) is 20.9 Å². The van der Waals surface area contributed by atoms with Crippen molar-refractivity contribution in [2.24, 2.45) is 0 Å². The topological polar surface area (TPSA) is 125 Å². The molecule has 144 valence electrons. The van der Waals surface area contributed by atoms with Crippen LogP contribution in [-0.2, 0) is 11.3 Å². The van der Waals surface area contributed by atoms with E-state index in [0.29, 0.717) is 25.3 Å². The van der Waals surface area contributed by atoms with Gasteiger partial charge in [-0.15, -0.1) is 11.3 Å². The minimum Gasteiger partial charge on any atom is -0.502 e. The molecule has 0 fully saturated rings. The third-order valence-corrected chi connectivity index (χ3v) is 4.76. The van der Waals surface area contributed by atoms with Crippen LogP contribution in [0, 0.1) is 0 Å². The predicted octanol–water partition coefficient (Wildman–Crippen LogP) is 0.297. The van der Waals surface area contributed by atoms with Crippen molar-refractivity contribution < 1.29 is 24.5 Å². The summed E-state index contributed by atoms with van der Waals surface area (Å²) in [6.07, 6.45) is 1.64. The maximum absolute atomic E-state index is 12.8. The van der Waals surface area contributed by atoms with Gasteiger partial charge < -0.3 is 19.8 Å². The largest absolute Gasteiger partial charge is 0.502 e. The van der Waals surface area contributed by atoms with Crippen molar-refractivity contribution in [3.63, 3.8) is 0 Å². The highest BCUT2D eigenvalue weighted by molar-refractivity contribution is 7.07. The second-order valence-electron chi connectivity index (χ2n) is 5.92. The van der Waals surface area contributed by atoms with Gasteiger partial charge in [0.25, 0.3) is 5.91 Å². The molecule has 0 saturated carbocycles. The summed E-state index contributed by atoms with van der Waals surface area (Å²) in [5, 5.41) is 23.0. The van der Waals surface area contributed by atoms with E-state index in [2.05, 4.69) is 4.98 Å². The Bertz CT molecular complexity index is 910. The number of carboxylic acids is 1. The van der Waals surface area contributed by atoms with Gasteiger partial charge >= 0.3 is 5.97 Å². The monoisotopic (exact) mass is 394 g/mol. The van der Waals surface area contributed by atoms with Crippen LogP contribution >= 0.6 is 11.3 Å². The Morgan fingerprint density at radius 1 is 1.41 bits per heavy atom. The lowest BCUT2D eigenvalue weighted by Crippen LogP contribution is -2.54. The Morgan fingerprint density at radius 2 is 2.19 bits per heavy atom. The molecule has 1 aliphatic rings. The number of ether oxygens (including phenoxy) is 1. The Hall–Kier alpha value is -2.92. The summed E-state index contributed by atoms with van der Waals surface area (Å²) in [7, 11) is 1.56. The number of hydrogen-bond donors (Lipinski definition) is 2. The summed E-state index contributed by atoms with van der Waals surface area (Å²) in [5.41, 5.74) is 0.415. The molecule has 2 aromatic rings. The summed E-state index contributed by atoms with van der Waals surface area (Å²) >= 11 is 1.40. The molecule has 0 spiro atoms. The van der Waals surface area contributed by atoms with Gasteiger partial charge in [-0.1, -0.05) is 0 Å². The van der Waals surface area contributed by atoms with Crippen LogP contribution in [0.5, 0.6) is 5.75 Å². The first kappa shape index (κ1) is 18.9. The number of rotatable bonds is 7. The van der Waals surface area contributed by atoms with Crippen LogP contribution in [0.1, 0.15) is 33.0 Å². The van der Waals surface area contributed by atoms with Crippen LogP contribution in [0.4, 0.5) is 0 Å². The Labute approximate surface area is 157 Å². The molecule has 1 amide bonds. The molecule has 11 heteroatoms. The second kappa shape index (κ2) is 7.76. The second-order valence-corrected chi connectivity index (χ2v) is 6.64. The van der Waals surface area contributed by atoms with Crippen molar-refractivity contribution in [3.05, 3.63) is 44.3 Å². The summed E-state index contributed by atoms with van der Waals surface area (Å²) in [4.78, 5) is 42.0. The average Bonchev–Trinajstić information content (AvgIpc) is 3.14. The smallest absolute Gasteiger partial charge is 0.341 e. The van der Waals surface area contributed by atoms with Crippen molar-refractivity contribution in [2.75, 3.05) is 31.9 Å². The number of carboxylic acid groups (broad SMARTS) is 1. The van der Waals surface area contributed by atoms with E-state index >= 15 is 0 Å². The van der Waals surface area contributed by atoms with E-state index in [0.717, 1.165) is 6.20 Å².